The molecule has 4 bridgehead atoms. The maximum Gasteiger partial charge on any atom is 0.351 e. The number of rotatable bonds is 11. The van der Waals surface area contributed by atoms with E-state index in [9.17, 15) is 19.2 Å². The number of carbonyl (C=O) groups is 4. The van der Waals surface area contributed by atoms with Crippen LogP contribution in [0.2, 0.25) is 0 Å². The van der Waals surface area contributed by atoms with E-state index in [2.05, 4.69) is 0 Å². The summed E-state index contributed by atoms with van der Waals surface area (Å²) in [6.07, 6.45) is 0.199. The Kier molecular flexibility index (Phi) is 8.62. The topological polar surface area (TPSA) is 142 Å². The fourth-order valence-corrected chi connectivity index (χ4v) is 8.89. The first-order chi connectivity index (χ1) is 24.3. The molecule has 2 aromatic carbocycles. The monoisotopic (exact) mass is 722 g/mol. The van der Waals surface area contributed by atoms with Gasteiger partial charge in [-0.25, -0.2) is 9.59 Å². The van der Waals surface area contributed by atoms with Crippen LogP contribution in [0.25, 0.3) is 11.1 Å². The van der Waals surface area contributed by atoms with Crippen molar-refractivity contribution in [1.29, 1.82) is 0 Å². The summed E-state index contributed by atoms with van der Waals surface area (Å²) in [5.41, 5.74) is -3.72. The number of carbonyl (C=O) groups excluding carboxylic acids is 4. The Balaban J connectivity index is 1.37. The van der Waals surface area contributed by atoms with Gasteiger partial charge in [0.15, 0.2) is 23.0 Å². The largest absolute Gasteiger partial charge is 0.493 e. The number of hydrogen-bond donors (Lipinski definition) is 0. The van der Waals surface area contributed by atoms with Crippen molar-refractivity contribution in [3.63, 3.8) is 0 Å². The minimum absolute atomic E-state index is 0.358. The van der Waals surface area contributed by atoms with E-state index < -0.39 is 68.9 Å². The Hall–Kier alpha value is -4.48. The van der Waals surface area contributed by atoms with E-state index >= 15 is 0 Å². The molecule has 0 radical (unpaired) electrons. The molecule has 0 N–H and O–H groups in total. The van der Waals surface area contributed by atoms with Crippen molar-refractivity contribution < 1.29 is 57.1 Å². The molecule has 0 amide bonds. The van der Waals surface area contributed by atoms with Gasteiger partial charge in [-0.3, -0.25) is 9.59 Å². The van der Waals surface area contributed by atoms with Gasteiger partial charge >= 0.3 is 23.9 Å². The summed E-state index contributed by atoms with van der Waals surface area (Å²) in [7, 11) is 6.02. The quantitative estimate of drug-likeness (QED) is 0.177. The Labute approximate surface area is 304 Å². The molecule has 12 heteroatoms. The second-order valence-electron chi connectivity index (χ2n) is 16.1. The maximum atomic E-state index is 13.9. The highest BCUT2D eigenvalue weighted by atomic mass is 16.6. The number of methoxy groups -OCH3 is 4. The lowest BCUT2D eigenvalue weighted by atomic mass is 9.66. The molecule has 2 saturated heterocycles. The van der Waals surface area contributed by atoms with E-state index in [0.717, 1.165) is 0 Å². The van der Waals surface area contributed by atoms with Crippen molar-refractivity contribution in [2.75, 3.05) is 28.4 Å². The molecule has 0 aromatic heterocycles. The van der Waals surface area contributed by atoms with Crippen molar-refractivity contribution in [3.05, 3.63) is 35.4 Å². The van der Waals surface area contributed by atoms with Gasteiger partial charge in [0.1, 0.15) is 12.2 Å². The molecule has 4 aliphatic rings. The maximum absolute atomic E-state index is 13.9. The van der Waals surface area contributed by atoms with E-state index in [1.54, 1.807) is 38.1 Å². The third kappa shape index (κ3) is 4.63. The zero-order valence-corrected chi connectivity index (χ0v) is 32.2. The van der Waals surface area contributed by atoms with Crippen LogP contribution >= 0.6 is 0 Å². The first-order valence-corrected chi connectivity index (χ1v) is 17.7. The zero-order chi connectivity index (χ0) is 38.4. The van der Waals surface area contributed by atoms with Gasteiger partial charge in [0, 0.05) is 22.0 Å². The van der Waals surface area contributed by atoms with Crippen LogP contribution in [0, 0.1) is 21.7 Å². The minimum Gasteiger partial charge on any atom is -0.493 e. The van der Waals surface area contributed by atoms with Crippen molar-refractivity contribution in [2.24, 2.45) is 21.7 Å². The molecule has 0 unspecified atom stereocenters. The summed E-state index contributed by atoms with van der Waals surface area (Å²) < 4.78 is 47.0. The average molecular weight is 723 g/mol. The number of fused-ring (bicyclic) bond motifs is 4. The number of ether oxygens (including phenoxy) is 8. The summed E-state index contributed by atoms with van der Waals surface area (Å²) in [6.45, 7) is 14.7. The lowest BCUT2D eigenvalue weighted by Crippen LogP contribution is -2.49. The fourth-order valence-electron chi connectivity index (χ4n) is 8.89. The molecule has 2 saturated carbocycles. The Morgan fingerprint density at radius 3 is 1.17 bits per heavy atom. The Morgan fingerprint density at radius 2 is 0.923 bits per heavy atom. The molecule has 6 atom stereocenters. The van der Waals surface area contributed by atoms with Gasteiger partial charge < -0.3 is 37.9 Å². The van der Waals surface area contributed by atoms with Crippen LogP contribution in [-0.4, -0.2) is 63.5 Å². The molecule has 2 aliphatic heterocycles. The van der Waals surface area contributed by atoms with Gasteiger partial charge in [0.2, 0.25) is 11.2 Å². The predicted molar refractivity (Wildman–Crippen MR) is 187 cm³/mol. The Morgan fingerprint density at radius 1 is 0.577 bits per heavy atom. The molecule has 2 aromatic rings. The van der Waals surface area contributed by atoms with Gasteiger partial charge in [0.25, 0.3) is 0 Å². The van der Waals surface area contributed by atoms with Gasteiger partial charge in [-0.05, 0) is 88.8 Å². The van der Waals surface area contributed by atoms with Crippen molar-refractivity contribution in [3.8, 4) is 34.1 Å². The first-order valence-electron chi connectivity index (χ1n) is 17.7. The second kappa shape index (κ2) is 12.0. The summed E-state index contributed by atoms with van der Waals surface area (Å²) in [5, 5.41) is 0. The van der Waals surface area contributed by atoms with Crippen LogP contribution in [-0.2, 0) is 38.1 Å². The number of esters is 4. The highest BCUT2D eigenvalue weighted by Crippen LogP contribution is 2.67. The lowest BCUT2D eigenvalue weighted by Gasteiger charge is -2.35. The molecule has 52 heavy (non-hydrogen) atoms. The zero-order valence-electron chi connectivity index (χ0n) is 32.2. The molecule has 2 aliphatic carbocycles. The van der Waals surface area contributed by atoms with E-state index in [1.807, 2.05) is 41.5 Å². The van der Waals surface area contributed by atoms with Crippen LogP contribution in [0.1, 0.15) is 104 Å². The van der Waals surface area contributed by atoms with Crippen LogP contribution in [0.15, 0.2) is 24.3 Å². The first kappa shape index (κ1) is 37.3. The third-order valence-electron chi connectivity index (χ3n) is 13.6. The molecular formula is C40H50O12. The van der Waals surface area contributed by atoms with Crippen molar-refractivity contribution >= 4 is 23.9 Å². The molecule has 0 spiro atoms. The van der Waals surface area contributed by atoms with Crippen LogP contribution < -0.4 is 18.9 Å². The molecule has 6 rings (SSSR count). The molecule has 282 valence electrons. The fraction of sp³-hybridized carbons (Fsp3) is 0.600. The molecule has 4 fully saturated rings. The van der Waals surface area contributed by atoms with E-state index in [4.69, 9.17) is 37.9 Å². The molecule has 2 heterocycles. The van der Waals surface area contributed by atoms with Gasteiger partial charge in [-0.15, -0.1) is 0 Å². The smallest absolute Gasteiger partial charge is 0.351 e. The van der Waals surface area contributed by atoms with Crippen LogP contribution in [0.3, 0.4) is 0 Å². The molecular weight excluding hydrogens is 672 g/mol. The van der Waals surface area contributed by atoms with Gasteiger partial charge in [-0.1, -0.05) is 27.7 Å². The standard InChI is InChI=1S/C40H50O12/c1-21(49-33(43)39-15-13-37(7,31(41)51-39)35(39,3)4)23-17-25(29(47-11)27(19-23)45-9)26-18-24(20-28(46-10)30(26)48-12)22(2)50-34(44)40-16-14-38(8,32(42)52-40)36(40,5)6/h17-22H,13-16H2,1-12H3/t21-,22-,37-,38-,39+,40+/m1/s1. The number of benzene rings is 2. The summed E-state index contributed by atoms with van der Waals surface area (Å²) >= 11 is 0. The Bertz CT molecular complexity index is 1730. The van der Waals surface area contributed by atoms with Crippen molar-refractivity contribution in [1.82, 2.24) is 0 Å². The normalized spacial score (nSPS) is 30.2. The van der Waals surface area contributed by atoms with E-state index in [0.29, 0.717) is 70.9 Å². The van der Waals surface area contributed by atoms with Gasteiger partial charge in [-0.2, -0.15) is 0 Å². The summed E-state index contributed by atoms with van der Waals surface area (Å²) in [5.74, 6) is -0.544. The van der Waals surface area contributed by atoms with Crippen molar-refractivity contribution in [2.45, 2.75) is 104 Å². The van der Waals surface area contributed by atoms with E-state index in [1.165, 1.54) is 28.4 Å². The number of hydrogen-bond acceptors (Lipinski definition) is 12. The second-order valence-corrected chi connectivity index (χ2v) is 16.1. The summed E-state index contributed by atoms with van der Waals surface area (Å²) in [6, 6.07) is 7.05. The average Bonchev–Trinajstić information content (AvgIpc) is 3.58. The third-order valence-corrected chi connectivity index (χ3v) is 13.6. The van der Waals surface area contributed by atoms with Crippen LogP contribution in [0.5, 0.6) is 23.0 Å². The lowest BCUT2D eigenvalue weighted by molar-refractivity contribution is -0.187. The molecule has 12 nitrogen and oxygen atoms in total. The van der Waals surface area contributed by atoms with Gasteiger partial charge in [0.05, 0.1) is 39.3 Å². The highest BCUT2D eigenvalue weighted by molar-refractivity contribution is 5.95. The summed E-state index contributed by atoms with van der Waals surface area (Å²) in [4.78, 5) is 53.5. The minimum atomic E-state index is -1.40. The predicted octanol–water partition coefficient (Wildman–Crippen LogP) is 6.84. The van der Waals surface area contributed by atoms with E-state index in [-0.39, 0.29) is 0 Å². The van der Waals surface area contributed by atoms with Crippen LogP contribution in [0.4, 0.5) is 0 Å². The highest BCUT2D eigenvalue weighted by Gasteiger charge is 2.77. The SMILES string of the molecule is COc1cc([C@@H](C)OC(=O)[C@]23CC[C@](C)(C(=O)O2)C3(C)C)cc(-c2cc([C@@H](C)OC(=O)[C@]34CC[C@](C)(C(=O)O3)C4(C)C)cc(OC)c2OC)c1OC.